The van der Waals surface area contributed by atoms with Gasteiger partial charge in [0.1, 0.15) is 0 Å². The molecule has 0 atom stereocenters. The number of ether oxygens (including phenoxy) is 1. The zero-order valence-electron chi connectivity index (χ0n) is 13.0. The lowest BCUT2D eigenvalue weighted by atomic mass is 10.2. The molecule has 0 saturated carbocycles. The number of nitrogens with one attached hydrogen (secondary N) is 1. The van der Waals surface area contributed by atoms with Gasteiger partial charge < -0.3 is 4.74 Å². The van der Waals surface area contributed by atoms with Gasteiger partial charge >= 0.3 is 0 Å². The van der Waals surface area contributed by atoms with Crippen LogP contribution in [-0.4, -0.2) is 21.6 Å². The summed E-state index contributed by atoms with van der Waals surface area (Å²) in [4.78, 5) is 0.179. The highest BCUT2D eigenvalue weighted by Gasteiger charge is 2.14. The van der Waals surface area contributed by atoms with Crippen molar-refractivity contribution < 1.29 is 13.2 Å². The highest BCUT2D eigenvalue weighted by molar-refractivity contribution is 7.89. The van der Waals surface area contributed by atoms with Crippen LogP contribution in [0.5, 0.6) is 0 Å². The molecule has 0 radical (unpaired) electrons. The Kier molecular flexibility index (Phi) is 6.59. The quantitative estimate of drug-likeness (QED) is 0.738. The molecule has 0 bridgehead atoms. The van der Waals surface area contributed by atoms with Crippen molar-refractivity contribution in [1.82, 2.24) is 4.72 Å². The van der Waals surface area contributed by atoms with Crippen molar-refractivity contribution >= 4 is 21.6 Å². The summed E-state index contributed by atoms with van der Waals surface area (Å²) in [7, 11) is -3.53. The smallest absolute Gasteiger partial charge is 0.240 e. The molecule has 0 fully saturated rings. The van der Waals surface area contributed by atoms with E-state index in [1.54, 1.807) is 12.1 Å². The molecule has 4 nitrogen and oxygen atoms in total. The van der Waals surface area contributed by atoms with Crippen molar-refractivity contribution in [3.05, 3.63) is 64.7 Å². The molecule has 0 aliphatic heterocycles. The van der Waals surface area contributed by atoms with Gasteiger partial charge in [0, 0.05) is 18.2 Å². The predicted octanol–water partition coefficient (Wildman–Crippen LogP) is 3.53. The molecule has 2 rings (SSSR count). The minimum atomic E-state index is -3.53. The second kappa shape index (κ2) is 8.45. The topological polar surface area (TPSA) is 55.4 Å². The maximum Gasteiger partial charge on any atom is 0.240 e. The summed E-state index contributed by atoms with van der Waals surface area (Å²) in [6.45, 7) is 3.17. The van der Waals surface area contributed by atoms with Crippen molar-refractivity contribution in [2.24, 2.45) is 0 Å². The molecule has 0 heterocycles. The Hall–Kier alpha value is -1.40. The highest BCUT2D eigenvalue weighted by Crippen LogP contribution is 2.19. The molecule has 0 aromatic heterocycles. The molecular formula is C17H20ClNO3S. The fourth-order valence-corrected chi connectivity index (χ4v) is 3.31. The first-order chi connectivity index (χ1) is 11.0. The van der Waals surface area contributed by atoms with Crippen molar-refractivity contribution in [2.45, 2.75) is 24.8 Å². The van der Waals surface area contributed by atoms with Crippen LogP contribution in [0.1, 0.15) is 17.5 Å². The van der Waals surface area contributed by atoms with E-state index in [9.17, 15) is 8.42 Å². The molecule has 6 heteroatoms. The first-order valence-electron chi connectivity index (χ1n) is 7.36. The number of sulfonamides is 1. The van der Waals surface area contributed by atoms with Gasteiger partial charge in [-0.05, 0) is 36.6 Å². The minimum absolute atomic E-state index is 0.179. The Balaban J connectivity index is 1.73. The summed E-state index contributed by atoms with van der Waals surface area (Å²) in [5.41, 5.74) is 1.95. The van der Waals surface area contributed by atoms with Crippen LogP contribution in [0.4, 0.5) is 0 Å². The van der Waals surface area contributed by atoms with Crippen LogP contribution in [0.2, 0.25) is 5.02 Å². The van der Waals surface area contributed by atoms with Crippen molar-refractivity contribution in [2.75, 3.05) is 13.2 Å². The lowest BCUT2D eigenvalue weighted by Crippen LogP contribution is -2.25. The monoisotopic (exact) mass is 353 g/mol. The maximum absolute atomic E-state index is 12.1. The van der Waals surface area contributed by atoms with Gasteiger partial charge in [0.05, 0.1) is 11.5 Å². The molecule has 124 valence electrons. The zero-order valence-corrected chi connectivity index (χ0v) is 14.5. The lowest BCUT2D eigenvalue weighted by Gasteiger charge is -2.08. The molecule has 23 heavy (non-hydrogen) atoms. The number of hydrogen-bond acceptors (Lipinski definition) is 3. The molecule has 0 aliphatic rings. The van der Waals surface area contributed by atoms with Crippen LogP contribution in [0, 0.1) is 6.92 Å². The molecule has 0 amide bonds. The number of aryl methyl sites for hydroxylation is 1. The average Bonchev–Trinajstić information content (AvgIpc) is 2.54. The van der Waals surface area contributed by atoms with Gasteiger partial charge in [-0.1, -0.05) is 48.0 Å². The van der Waals surface area contributed by atoms with E-state index in [0.29, 0.717) is 31.2 Å². The van der Waals surface area contributed by atoms with Crippen LogP contribution in [0.15, 0.2) is 53.4 Å². The molecule has 2 aromatic carbocycles. The largest absolute Gasteiger partial charge is 0.377 e. The third-order valence-corrected chi connectivity index (χ3v) is 5.19. The SMILES string of the molecule is Cc1ccc(S(=O)(=O)NCCCOCc2ccccc2)cc1Cl. The highest BCUT2D eigenvalue weighted by atomic mass is 35.5. The second-order valence-corrected chi connectivity index (χ2v) is 7.37. The predicted molar refractivity (Wildman–Crippen MR) is 92.1 cm³/mol. The van der Waals surface area contributed by atoms with Crippen molar-refractivity contribution in [1.29, 1.82) is 0 Å². The summed E-state index contributed by atoms with van der Waals surface area (Å²) in [5.74, 6) is 0. The van der Waals surface area contributed by atoms with E-state index in [0.717, 1.165) is 11.1 Å². The Labute approximate surface area is 142 Å². The first kappa shape index (κ1) is 17.9. The van der Waals surface area contributed by atoms with Gasteiger partial charge in [-0.15, -0.1) is 0 Å². The maximum atomic E-state index is 12.1. The molecule has 0 unspecified atom stereocenters. The second-order valence-electron chi connectivity index (χ2n) is 5.20. The van der Waals surface area contributed by atoms with Gasteiger partial charge in [-0.2, -0.15) is 0 Å². The van der Waals surface area contributed by atoms with E-state index in [-0.39, 0.29) is 4.90 Å². The van der Waals surface area contributed by atoms with E-state index >= 15 is 0 Å². The van der Waals surface area contributed by atoms with E-state index in [4.69, 9.17) is 16.3 Å². The molecule has 0 aliphatic carbocycles. The van der Waals surface area contributed by atoms with Crippen molar-refractivity contribution in [3.63, 3.8) is 0 Å². The van der Waals surface area contributed by atoms with Crippen LogP contribution >= 0.6 is 11.6 Å². The van der Waals surface area contributed by atoms with Gasteiger partial charge in [-0.25, -0.2) is 13.1 Å². The normalized spacial score (nSPS) is 11.6. The Morgan fingerprint density at radius 1 is 1.13 bits per heavy atom. The average molecular weight is 354 g/mol. The number of rotatable bonds is 8. The third kappa shape index (κ3) is 5.62. The summed E-state index contributed by atoms with van der Waals surface area (Å²) < 4.78 is 32.4. The number of halogens is 1. The van der Waals surface area contributed by atoms with Crippen LogP contribution in [-0.2, 0) is 21.4 Å². The summed E-state index contributed by atoms with van der Waals surface area (Å²) in [5, 5.41) is 0.444. The van der Waals surface area contributed by atoms with E-state index in [1.165, 1.54) is 6.07 Å². The van der Waals surface area contributed by atoms with Crippen LogP contribution < -0.4 is 4.72 Å². The fourth-order valence-electron chi connectivity index (χ4n) is 1.97. The molecular weight excluding hydrogens is 334 g/mol. The van der Waals surface area contributed by atoms with Crippen LogP contribution in [0.25, 0.3) is 0 Å². The number of hydrogen-bond donors (Lipinski definition) is 1. The first-order valence-corrected chi connectivity index (χ1v) is 9.22. The van der Waals surface area contributed by atoms with Gasteiger partial charge in [-0.3, -0.25) is 0 Å². The number of benzene rings is 2. The fraction of sp³-hybridized carbons (Fsp3) is 0.294. The van der Waals surface area contributed by atoms with E-state index in [2.05, 4.69) is 4.72 Å². The lowest BCUT2D eigenvalue weighted by molar-refractivity contribution is 0.119. The summed E-state index contributed by atoms with van der Waals surface area (Å²) >= 11 is 5.97. The Bertz CT molecular complexity index is 733. The zero-order chi connectivity index (χ0) is 16.7. The van der Waals surface area contributed by atoms with Crippen LogP contribution in [0.3, 0.4) is 0 Å². The Morgan fingerprint density at radius 2 is 1.87 bits per heavy atom. The van der Waals surface area contributed by atoms with Gasteiger partial charge in [0.2, 0.25) is 10.0 Å². The van der Waals surface area contributed by atoms with E-state index < -0.39 is 10.0 Å². The molecule has 2 aromatic rings. The molecule has 1 N–H and O–H groups in total. The standard InChI is InChI=1S/C17H20ClNO3S/c1-14-8-9-16(12-17(14)18)23(20,21)19-10-5-11-22-13-15-6-3-2-4-7-15/h2-4,6-9,12,19H,5,10-11,13H2,1H3. The summed E-state index contributed by atoms with van der Waals surface area (Å²) in [6.07, 6.45) is 0.603. The molecule has 0 saturated heterocycles. The Morgan fingerprint density at radius 3 is 2.57 bits per heavy atom. The summed E-state index contributed by atoms with van der Waals surface area (Å²) in [6, 6.07) is 14.6. The van der Waals surface area contributed by atoms with E-state index in [1.807, 2.05) is 37.3 Å². The van der Waals surface area contributed by atoms with Gasteiger partial charge in [0.25, 0.3) is 0 Å². The van der Waals surface area contributed by atoms with Crippen molar-refractivity contribution in [3.8, 4) is 0 Å². The minimum Gasteiger partial charge on any atom is -0.377 e. The molecule has 0 spiro atoms. The van der Waals surface area contributed by atoms with Gasteiger partial charge in [0.15, 0.2) is 0 Å². The third-order valence-electron chi connectivity index (χ3n) is 3.32.